The summed E-state index contributed by atoms with van der Waals surface area (Å²) in [4.78, 5) is 55.5. The number of ether oxygens (including phenoxy) is 5. The van der Waals surface area contributed by atoms with Crippen molar-refractivity contribution in [2.24, 2.45) is 5.11 Å². The van der Waals surface area contributed by atoms with Crippen LogP contribution in [0.2, 0.25) is 5.02 Å². The van der Waals surface area contributed by atoms with Gasteiger partial charge in [-0.05, 0) is 36.6 Å². The molecule has 1 N–H and O–H groups in total. The molecule has 0 saturated carbocycles. The van der Waals surface area contributed by atoms with Crippen LogP contribution in [-0.4, -0.2) is 116 Å². The molecular weight excluding hydrogens is 642 g/mol. The zero-order chi connectivity index (χ0) is 33.1. The summed E-state index contributed by atoms with van der Waals surface area (Å²) in [6.45, 7) is 2.27. The van der Waals surface area contributed by atoms with Gasteiger partial charge >= 0.3 is 6.16 Å². The number of amides is 3. The molecule has 1 saturated heterocycles. The number of methoxy groups -OCH3 is 1. The van der Waals surface area contributed by atoms with E-state index in [0.29, 0.717) is 37.9 Å². The SMILES string of the molecule is COCCCC(CS(=O)(=O)c1ccc(Cl)c(C(=O)NCCOCCOCCOCCN=[N+]=[N-])c1)OC(=O)ON1C(=O)CCC1=O. The number of hydrogen-bond acceptors (Lipinski definition) is 13. The first-order chi connectivity index (χ1) is 21.6. The van der Waals surface area contributed by atoms with Crippen molar-refractivity contribution in [2.75, 3.05) is 72.2 Å². The van der Waals surface area contributed by atoms with Gasteiger partial charge in [-0.2, -0.15) is 0 Å². The first kappa shape index (κ1) is 37.7. The zero-order valence-corrected chi connectivity index (χ0v) is 26.3. The van der Waals surface area contributed by atoms with Crippen LogP contribution in [0.1, 0.15) is 36.0 Å². The Labute approximate surface area is 264 Å². The third kappa shape index (κ3) is 14.0. The molecule has 0 aliphatic carbocycles. The highest BCUT2D eigenvalue weighted by Crippen LogP contribution is 2.23. The average molecular weight is 678 g/mol. The summed E-state index contributed by atoms with van der Waals surface area (Å²) in [5, 5.41) is 6.24. The Hall–Kier alpha value is -3.51. The van der Waals surface area contributed by atoms with E-state index in [4.69, 9.17) is 45.7 Å². The number of nitrogens with zero attached hydrogens (tertiary/aromatic N) is 4. The lowest BCUT2D eigenvalue weighted by atomic mass is 10.2. The molecule has 45 heavy (non-hydrogen) atoms. The average Bonchev–Trinajstić information content (AvgIpc) is 3.31. The molecule has 3 amide bonds. The zero-order valence-electron chi connectivity index (χ0n) is 24.7. The van der Waals surface area contributed by atoms with Crippen molar-refractivity contribution in [3.63, 3.8) is 0 Å². The summed E-state index contributed by atoms with van der Waals surface area (Å²) in [5.41, 5.74) is 8.07. The number of halogens is 1. The van der Waals surface area contributed by atoms with Crippen LogP contribution < -0.4 is 5.32 Å². The van der Waals surface area contributed by atoms with E-state index in [1.165, 1.54) is 19.2 Å². The molecule has 1 fully saturated rings. The maximum absolute atomic E-state index is 13.3. The van der Waals surface area contributed by atoms with Crippen LogP contribution >= 0.6 is 11.6 Å². The quantitative estimate of drug-likeness (QED) is 0.0466. The Balaban J connectivity index is 1.87. The molecule has 250 valence electrons. The molecule has 0 spiro atoms. The number of carbonyl (C=O) groups is 4. The smallest absolute Gasteiger partial charge is 0.428 e. The molecule has 2 rings (SSSR count). The highest BCUT2D eigenvalue weighted by atomic mass is 35.5. The molecule has 17 nitrogen and oxygen atoms in total. The van der Waals surface area contributed by atoms with E-state index >= 15 is 0 Å². The van der Waals surface area contributed by atoms with Crippen molar-refractivity contribution < 1.29 is 56.1 Å². The summed E-state index contributed by atoms with van der Waals surface area (Å²) in [7, 11) is -2.69. The fraction of sp³-hybridized carbons (Fsp3) is 0.615. The second-order valence-corrected chi connectivity index (χ2v) is 11.7. The van der Waals surface area contributed by atoms with Crippen LogP contribution in [0.25, 0.3) is 10.4 Å². The van der Waals surface area contributed by atoms with Crippen molar-refractivity contribution >= 4 is 45.3 Å². The fourth-order valence-corrected chi connectivity index (χ4v) is 5.45. The largest absolute Gasteiger partial charge is 0.534 e. The van der Waals surface area contributed by atoms with Crippen LogP contribution in [0.15, 0.2) is 28.2 Å². The van der Waals surface area contributed by atoms with E-state index in [1.54, 1.807) is 0 Å². The molecule has 0 bridgehead atoms. The van der Waals surface area contributed by atoms with Crippen LogP contribution in [0.3, 0.4) is 0 Å². The van der Waals surface area contributed by atoms with Gasteiger partial charge in [-0.15, -0.1) is 0 Å². The molecule has 1 aromatic rings. The van der Waals surface area contributed by atoms with Gasteiger partial charge < -0.3 is 29.0 Å². The van der Waals surface area contributed by atoms with E-state index in [0.717, 1.165) is 6.07 Å². The van der Waals surface area contributed by atoms with E-state index in [1.807, 2.05) is 0 Å². The summed E-state index contributed by atoms with van der Waals surface area (Å²) in [5.74, 6) is -2.75. The maximum Gasteiger partial charge on any atom is 0.534 e. The number of hydrogen-bond donors (Lipinski definition) is 1. The van der Waals surface area contributed by atoms with E-state index in [-0.39, 0.29) is 67.7 Å². The van der Waals surface area contributed by atoms with E-state index in [2.05, 4.69) is 15.3 Å². The molecule has 1 aromatic carbocycles. The first-order valence-electron chi connectivity index (χ1n) is 13.9. The van der Waals surface area contributed by atoms with E-state index < -0.39 is 45.6 Å². The molecule has 1 unspecified atom stereocenters. The molecular formula is C26H36ClN5O12S. The summed E-state index contributed by atoms with van der Waals surface area (Å²) in [6.07, 6.45) is -2.49. The van der Waals surface area contributed by atoms with Gasteiger partial charge in [0.25, 0.3) is 17.7 Å². The van der Waals surface area contributed by atoms with Crippen molar-refractivity contribution in [1.82, 2.24) is 10.4 Å². The molecule has 0 aromatic heterocycles. The van der Waals surface area contributed by atoms with Gasteiger partial charge in [0.05, 0.1) is 60.9 Å². The first-order valence-corrected chi connectivity index (χ1v) is 15.9. The number of rotatable bonds is 22. The lowest BCUT2D eigenvalue weighted by Crippen LogP contribution is -2.35. The van der Waals surface area contributed by atoms with Crippen LogP contribution in [-0.2, 0) is 47.9 Å². The topological polar surface area (TPSA) is 222 Å². The standard InChI is InChI=1S/C26H36ClN5O12S/c1-39-10-2-3-19(43-26(36)44-32-23(33)6-7-24(32)34)18-45(37,38)20-4-5-22(27)21(17-20)25(35)29-8-11-40-13-15-42-16-14-41-12-9-30-31-28/h4-5,17,19H,2-3,6-16,18H2,1H3,(H,29,35). The minimum atomic E-state index is -4.14. The van der Waals surface area contributed by atoms with Crippen LogP contribution in [0.5, 0.6) is 0 Å². The summed E-state index contributed by atoms with van der Waals surface area (Å²) >= 11 is 6.17. The molecule has 0 radical (unpaired) electrons. The molecule has 1 atom stereocenters. The number of imide groups is 1. The highest BCUT2D eigenvalue weighted by Gasteiger charge is 2.35. The van der Waals surface area contributed by atoms with Crippen molar-refractivity contribution in [1.29, 1.82) is 0 Å². The molecule has 19 heteroatoms. The van der Waals surface area contributed by atoms with Gasteiger partial charge in [0.15, 0.2) is 9.84 Å². The lowest BCUT2D eigenvalue weighted by Gasteiger charge is -2.19. The number of carbonyl (C=O) groups excluding carboxylic acids is 4. The van der Waals surface area contributed by atoms with Crippen molar-refractivity contribution in [2.45, 2.75) is 36.7 Å². The van der Waals surface area contributed by atoms with Crippen LogP contribution in [0, 0.1) is 0 Å². The van der Waals surface area contributed by atoms with Gasteiger partial charge in [0.1, 0.15) is 6.10 Å². The third-order valence-electron chi connectivity index (χ3n) is 5.93. The van der Waals surface area contributed by atoms with Gasteiger partial charge in [-0.1, -0.05) is 21.8 Å². The molecule has 1 heterocycles. The number of nitrogens with one attached hydrogen (secondary N) is 1. The van der Waals surface area contributed by atoms with Gasteiger partial charge in [-0.3, -0.25) is 19.2 Å². The monoisotopic (exact) mass is 677 g/mol. The Bertz CT molecular complexity index is 1290. The van der Waals surface area contributed by atoms with Crippen LogP contribution in [0.4, 0.5) is 4.79 Å². The Morgan fingerprint density at radius 1 is 1.04 bits per heavy atom. The van der Waals surface area contributed by atoms with Crippen molar-refractivity contribution in [3.05, 3.63) is 39.2 Å². The normalized spacial score (nSPS) is 13.8. The van der Waals surface area contributed by atoms with E-state index in [9.17, 15) is 27.6 Å². The predicted octanol–water partition coefficient (Wildman–Crippen LogP) is 2.22. The number of hydroxylamine groups is 2. The van der Waals surface area contributed by atoms with Gasteiger partial charge in [0.2, 0.25) is 0 Å². The Morgan fingerprint density at radius 3 is 2.33 bits per heavy atom. The highest BCUT2D eigenvalue weighted by molar-refractivity contribution is 7.91. The number of sulfone groups is 1. The second kappa shape index (κ2) is 20.5. The third-order valence-corrected chi connectivity index (χ3v) is 8.04. The Kier molecular flexibility index (Phi) is 17.2. The number of benzene rings is 1. The Morgan fingerprint density at radius 2 is 1.69 bits per heavy atom. The predicted molar refractivity (Wildman–Crippen MR) is 156 cm³/mol. The lowest BCUT2D eigenvalue weighted by molar-refractivity contribution is -0.178. The van der Waals surface area contributed by atoms with Gasteiger partial charge in [-0.25, -0.2) is 13.2 Å². The fourth-order valence-electron chi connectivity index (χ4n) is 3.76. The molecule has 1 aliphatic rings. The molecule has 1 aliphatic heterocycles. The van der Waals surface area contributed by atoms with Gasteiger partial charge in [0, 0.05) is 44.6 Å². The minimum Gasteiger partial charge on any atom is -0.428 e. The summed E-state index contributed by atoms with van der Waals surface area (Å²) in [6, 6.07) is 3.59. The second-order valence-electron chi connectivity index (χ2n) is 9.27. The van der Waals surface area contributed by atoms with Crippen molar-refractivity contribution in [3.8, 4) is 0 Å². The maximum atomic E-state index is 13.3. The number of azide groups is 1. The summed E-state index contributed by atoms with van der Waals surface area (Å²) < 4.78 is 52.6. The minimum absolute atomic E-state index is 0.0128.